The molecule has 92 valence electrons. The molecule has 0 bridgehead atoms. The molecule has 0 heterocycles. The van der Waals surface area contributed by atoms with E-state index in [9.17, 15) is 4.79 Å². The quantitative estimate of drug-likeness (QED) is 0.763. The molecule has 1 nitrogen and oxygen atoms in total. The second-order valence-electron chi connectivity index (χ2n) is 5.67. The summed E-state index contributed by atoms with van der Waals surface area (Å²) in [4.78, 5) is 12.5. The van der Waals surface area contributed by atoms with Gasteiger partial charge in [-0.3, -0.25) is 4.79 Å². The van der Waals surface area contributed by atoms with E-state index >= 15 is 0 Å². The maximum atomic E-state index is 12.5. The second kappa shape index (κ2) is 5.03. The van der Waals surface area contributed by atoms with Crippen LogP contribution in [-0.4, -0.2) is 5.78 Å². The van der Waals surface area contributed by atoms with Crippen LogP contribution in [0.1, 0.15) is 45.1 Å². The predicted molar refractivity (Wildman–Crippen MR) is 70.9 cm³/mol. The number of Topliss-reactive ketones (excluding diaryl/α,β-unsaturated/α-hetero) is 1. The number of carbonyl (C=O) groups excluding carboxylic acids is 1. The van der Waals surface area contributed by atoms with E-state index in [2.05, 4.69) is 24.3 Å². The van der Waals surface area contributed by atoms with Crippen molar-refractivity contribution < 1.29 is 4.79 Å². The van der Waals surface area contributed by atoms with Crippen molar-refractivity contribution in [2.45, 2.75) is 46.0 Å². The molecule has 1 heteroatoms. The Morgan fingerprint density at radius 1 is 1.18 bits per heavy atom. The number of rotatable bonds is 4. The zero-order chi connectivity index (χ0) is 12.3. The fourth-order valence-electron chi connectivity index (χ4n) is 3.16. The van der Waals surface area contributed by atoms with Crippen molar-refractivity contribution >= 4 is 5.78 Å². The molecular formula is C16H22O. The lowest BCUT2D eigenvalue weighted by atomic mass is 9.73. The SMILES string of the molecule is CC(C)C(=O)C1(Cc2ccccc2)CCCC1. The molecule has 1 fully saturated rings. The van der Waals surface area contributed by atoms with Gasteiger partial charge in [0.1, 0.15) is 5.78 Å². The summed E-state index contributed by atoms with van der Waals surface area (Å²) >= 11 is 0. The van der Waals surface area contributed by atoms with Gasteiger partial charge in [0.05, 0.1) is 0 Å². The Morgan fingerprint density at radius 3 is 2.29 bits per heavy atom. The predicted octanol–water partition coefficient (Wildman–Crippen LogP) is 4.01. The van der Waals surface area contributed by atoms with Crippen LogP contribution in [-0.2, 0) is 11.2 Å². The smallest absolute Gasteiger partial charge is 0.141 e. The average Bonchev–Trinajstić information content (AvgIpc) is 2.79. The van der Waals surface area contributed by atoms with Gasteiger partial charge in [0.25, 0.3) is 0 Å². The Balaban J connectivity index is 2.21. The maximum Gasteiger partial charge on any atom is 0.141 e. The number of benzene rings is 1. The molecule has 0 aromatic heterocycles. The van der Waals surface area contributed by atoms with Crippen molar-refractivity contribution in [2.24, 2.45) is 11.3 Å². The van der Waals surface area contributed by atoms with E-state index in [4.69, 9.17) is 0 Å². The summed E-state index contributed by atoms with van der Waals surface area (Å²) in [5.74, 6) is 0.635. The van der Waals surface area contributed by atoms with Gasteiger partial charge >= 0.3 is 0 Å². The van der Waals surface area contributed by atoms with Crippen LogP contribution in [0, 0.1) is 11.3 Å². The molecule has 0 radical (unpaired) electrons. The summed E-state index contributed by atoms with van der Waals surface area (Å²) in [7, 11) is 0. The highest BCUT2D eigenvalue weighted by atomic mass is 16.1. The van der Waals surface area contributed by atoms with Crippen molar-refractivity contribution in [3.63, 3.8) is 0 Å². The van der Waals surface area contributed by atoms with E-state index in [1.807, 2.05) is 19.9 Å². The normalized spacial score (nSPS) is 18.5. The molecule has 2 rings (SSSR count). The summed E-state index contributed by atoms with van der Waals surface area (Å²) in [6.07, 6.45) is 5.53. The molecule has 0 unspecified atom stereocenters. The third kappa shape index (κ3) is 2.59. The molecule has 1 saturated carbocycles. The van der Waals surface area contributed by atoms with Gasteiger partial charge in [-0.1, -0.05) is 57.0 Å². The van der Waals surface area contributed by atoms with Crippen LogP contribution in [0.4, 0.5) is 0 Å². The van der Waals surface area contributed by atoms with Crippen LogP contribution in [0.3, 0.4) is 0 Å². The summed E-state index contributed by atoms with van der Waals surface area (Å²) in [6.45, 7) is 4.07. The van der Waals surface area contributed by atoms with Crippen LogP contribution in [0.5, 0.6) is 0 Å². The van der Waals surface area contributed by atoms with Crippen LogP contribution in [0.15, 0.2) is 30.3 Å². The molecule has 1 aliphatic rings. The molecule has 17 heavy (non-hydrogen) atoms. The lowest BCUT2D eigenvalue weighted by molar-refractivity contribution is -0.131. The van der Waals surface area contributed by atoms with Crippen molar-refractivity contribution in [2.75, 3.05) is 0 Å². The summed E-state index contributed by atoms with van der Waals surface area (Å²) < 4.78 is 0. The van der Waals surface area contributed by atoms with E-state index < -0.39 is 0 Å². The number of hydrogen-bond acceptors (Lipinski definition) is 1. The molecule has 1 aromatic rings. The van der Waals surface area contributed by atoms with E-state index in [0.717, 1.165) is 19.3 Å². The Morgan fingerprint density at radius 2 is 1.76 bits per heavy atom. The van der Waals surface area contributed by atoms with Crippen LogP contribution >= 0.6 is 0 Å². The van der Waals surface area contributed by atoms with Gasteiger partial charge in [0.15, 0.2) is 0 Å². The molecule has 0 aliphatic heterocycles. The zero-order valence-electron chi connectivity index (χ0n) is 10.9. The first-order chi connectivity index (χ1) is 8.14. The Labute approximate surface area is 104 Å². The summed E-state index contributed by atoms with van der Waals surface area (Å²) in [6, 6.07) is 10.5. The van der Waals surface area contributed by atoms with Crippen LogP contribution in [0.2, 0.25) is 0 Å². The molecule has 0 atom stereocenters. The largest absolute Gasteiger partial charge is 0.299 e. The first-order valence-electron chi connectivity index (χ1n) is 6.72. The Kier molecular flexibility index (Phi) is 3.66. The van der Waals surface area contributed by atoms with Gasteiger partial charge in [0.2, 0.25) is 0 Å². The van der Waals surface area contributed by atoms with Gasteiger partial charge in [-0.15, -0.1) is 0 Å². The standard InChI is InChI=1S/C16H22O/c1-13(2)15(17)16(10-6-7-11-16)12-14-8-4-3-5-9-14/h3-5,8-9,13H,6-7,10-12H2,1-2H3. The average molecular weight is 230 g/mol. The molecule has 0 N–H and O–H groups in total. The third-order valence-corrected chi connectivity index (χ3v) is 3.99. The van der Waals surface area contributed by atoms with E-state index in [1.165, 1.54) is 18.4 Å². The number of hydrogen-bond donors (Lipinski definition) is 0. The maximum absolute atomic E-state index is 12.5. The first kappa shape index (κ1) is 12.3. The number of ketones is 1. The van der Waals surface area contributed by atoms with Gasteiger partial charge in [-0.05, 0) is 24.8 Å². The topological polar surface area (TPSA) is 17.1 Å². The highest BCUT2D eigenvalue weighted by Crippen LogP contribution is 2.43. The van der Waals surface area contributed by atoms with Crippen molar-refractivity contribution in [3.8, 4) is 0 Å². The lowest BCUT2D eigenvalue weighted by Crippen LogP contribution is -2.33. The van der Waals surface area contributed by atoms with Crippen molar-refractivity contribution in [1.82, 2.24) is 0 Å². The van der Waals surface area contributed by atoms with Crippen LogP contribution in [0.25, 0.3) is 0 Å². The molecular weight excluding hydrogens is 208 g/mol. The zero-order valence-corrected chi connectivity index (χ0v) is 10.9. The van der Waals surface area contributed by atoms with Gasteiger partial charge in [-0.25, -0.2) is 0 Å². The van der Waals surface area contributed by atoms with Crippen molar-refractivity contribution in [3.05, 3.63) is 35.9 Å². The second-order valence-corrected chi connectivity index (χ2v) is 5.67. The molecule has 0 saturated heterocycles. The molecule has 0 spiro atoms. The lowest BCUT2D eigenvalue weighted by Gasteiger charge is -2.29. The summed E-state index contributed by atoms with van der Waals surface area (Å²) in [5.41, 5.74) is 1.25. The molecule has 1 aromatic carbocycles. The highest BCUT2D eigenvalue weighted by Gasteiger charge is 2.41. The van der Waals surface area contributed by atoms with E-state index in [-0.39, 0.29) is 11.3 Å². The number of carbonyl (C=O) groups is 1. The van der Waals surface area contributed by atoms with Gasteiger partial charge in [0, 0.05) is 11.3 Å². The fourth-order valence-corrected chi connectivity index (χ4v) is 3.16. The Bertz CT molecular complexity index is 372. The minimum atomic E-state index is -0.0600. The van der Waals surface area contributed by atoms with E-state index in [1.54, 1.807) is 0 Å². The molecule has 1 aliphatic carbocycles. The Hall–Kier alpha value is -1.11. The third-order valence-electron chi connectivity index (χ3n) is 3.99. The monoisotopic (exact) mass is 230 g/mol. The van der Waals surface area contributed by atoms with Crippen LogP contribution < -0.4 is 0 Å². The van der Waals surface area contributed by atoms with E-state index in [0.29, 0.717) is 5.78 Å². The minimum absolute atomic E-state index is 0.0600. The minimum Gasteiger partial charge on any atom is -0.299 e. The fraction of sp³-hybridized carbons (Fsp3) is 0.562. The summed E-state index contributed by atoms with van der Waals surface area (Å²) in [5, 5.41) is 0. The van der Waals surface area contributed by atoms with Gasteiger partial charge < -0.3 is 0 Å². The first-order valence-corrected chi connectivity index (χ1v) is 6.72. The van der Waals surface area contributed by atoms with Crippen molar-refractivity contribution in [1.29, 1.82) is 0 Å². The molecule has 0 amide bonds. The highest BCUT2D eigenvalue weighted by molar-refractivity contribution is 5.87. The van der Waals surface area contributed by atoms with Gasteiger partial charge in [-0.2, -0.15) is 0 Å².